The predicted octanol–water partition coefficient (Wildman–Crippen LogP) is 8.58. The molecule has 0 radical (unpaired) electrons. The van der Waals surface area contributed by atoms with Crippen LogP contribution in [-0.4, -0.2) is 59.6 Å². The van der Waals surface area contributed by atoms with Crippen LogP contribution in [0.2, 0.25) is 20.1 Å². The van der Waals surface area contributed by atoms with E-state index in [4.69, 9.17) is 57.9 Å². The molecule has 2 aliphatic heterocycles. The fourth-order valence-corrected chi connectivity index (χ4v) is 8.69. The number of halogens is 4. The average molecular weight is 726 g/mol. The molecule has 0 unspecified atom stereocenters. The van der Waals surface area contributed by atoms with Gasteiger partial charge in [-0.3, -0.25) is 29.0 Å². The Morgan fingerprint density at radius 3 is 0.938 bits per heavy atom. The summed E-state index contributed by atoms with van der Waals surface area (Å²) < 4.78 is 0. The monoisotopic (exact) mass is 724 g/mol. The Morgan fingerprint density at radius 2 is 0.667 bits per heavy atom. The quantitative estimate of drug-likeness (QED) is 0.0574. The third-order valence-corrected chi connectivity index (χ3v) is 10.9. The molecule has 0 bridgehead atoms. The standard InChI is InChI=1S/C36H32Cl4N4O4/c37-21-13-17-25-18(34(46)43(33(17)45)11-7-3-1-5-9-41)14-22(38)28-30-24(40)16-20-26-19(15-23(39)29(32(26)30)27(21)31(25)28)35(47)44(36(20)48)12-8-4-2-6-10-42/h13-16H,1-12,41-42H2. The van der Waals surface area contributed by atoms with Gasteiger partial charge in [0, 0.05) is 76.3 Å². The normalized spacial score (nSPS) is 14.7. The second-order valence-electron chi connectivity index (χ2n) is 12.6. The number of carbonyl (C=O) groups is 4. The summed E-state index contributed by atoms with van der Waals surface area (Å²) in [6.07, 6.45) is 6.50. The van der Waals surface area contributed by atoms with Crippen LogP contribution in [0.25, 0.3) is 43.1 Å². The lowest BCUT2D eigenvalue weighted by Gasteiger charge is -2.31. The second-order valence-corrected chi connectivity index (χ2v) is 14.2. The summed E-state index contributed by atoms with van der Waals surface area (Å²) in [5.74, 6) is -1.78. The maximum absolute atomic E-state index is 13.9. The lowest BCUT2D eigenvalue weighted by molar-refractivity contribution is 0.0592. The molecule has 0 saturated heterocycles. The average Bonchev–Trinajstić information content (AvgIpc) is 3.06. The number of benzene rings is 5. The van der Waals surface area contributed by atoms with E-state index in [-0.39, 0.29) is 55.4 Å². The number of amides is 4. The molecule has 0 atom stereocenters. The van der Waals surface area contributed by atoms with Crippen LogP contribution >= 0.6 is 46.4 Å². The lowest BCUT2D eigenvalue weighted by Crippen LogP contribution is -2.41. The number of nitrogens with two attached hydrogens (primary N) is 2. The molecule has 5 aromatic carbocycles. The van der Waals surface area contributed by atoms with Crippen LogP contribution in [0.5, 0.6) is 0 Å². The van der Waals surface area contributed by atoms with Gasteiger partial charge in [-0.2, -0.15) is 0 Å². The molecule has 0 aromatic heterocycles. The largest absolute Gasteiger partial charge is 0.330 e. The van der Waals surface area contributed by atoms with E-state index >= 15 is 0 Å². The Bertz CT molecular complexity index is 1930. The molecule has 0 spiro atoms. The van der Waals surface area contributed by atoms with Gasteiger partial charge in [0.05, 0.1) is 22.3 Å². The van der Waals surface area contributed by atoms with Crippen molar-refractivity contribution in [2.45, 2.75) is 51.4 Å². The summed E-state index contributed by atoms with van der Waals surface area (Å²) in [6, 6.07) is 6.27. The molecule has 0 saturated carbocycles. The topological polar surface area (TPSA) is 127 Å². The number of carbonyl (C=O) groups excluding carboxylic acids is 4. The smallest absolute Gasteiger partial charge is 0.261 e. The van der Waals surface area contributed by atoms with Crippen molar-refractivity contribution in [3.8, 4) is 0 Å². The van der Waals surface area contributed by atoms with Gasteiger partial charge in [0.1, 0.15) is 0 Å². The molecule has 8 nitrogen and oxygen atoms in total. The van der Waals surface area contributed by atoms with E-state index in [2.05, 4.69) is 0 Å². The molecule has 7 rings (SSSR count). The Balaban J connectivity index is 1.46. The predicted molar refractivity (Wildman–Crippen MR) is 193 cm³/mol. The SMILES string of the molecule is NCCCCCCN1C(=O)c2cc(Cl)c3c4c(Cl)cc5c6c(cc(Cl)c(c7c(Cl)cc(c2c37)C1=O)c64)C(=O)N(CCCCCCN)C5=O. The van der Waals surface area contributed by atoms with Gasteiger partial charge in [0.25, 0.3) is 23.6 Å². The number of nitrogens with zero attached hydrogens (tertiary/aromatic N) is 2. The van der Waals surface area contributed by atoms with Gasteiger partial charge in [-0.1, -0.05) is 72.1 Å². The molecule has 0 aliphatic carbocycles. The summed E-state index contributed by atoms with van der Waals surface area (Å²) in [4.78, 5) is 58.1. The van der Waals surface area contributed by atoms with Gasteiger partial charge in [-0.25, -0.2) is 0 Å². The number of rotatable bonds is 12. The van der Waals surface area contributed by atoms with Crippen molar-refractivity contribution in [2.24, 2.45) is 11.5 Å². The van der Waals surface area contributed by atoms with E-state index < -0.39 is 23.6 Å². The maximum atomic E-state index is 13.9. The van der Waals surface area contributed by atoms with Crippen LogP contribution in [0, 0.1) is 0 Å². The van der Waals surface area contributed by atoms with Crippen LogP contribution in [0.3, 0.4) is 0 Å². The van der Waals surface area contributed by atoms with E-state index in [0.29, 0.717) is 69.0 Å². The Labute approximate surface area is 296 Å². The highest BCUT2D eigenvalue weighted by atomic mass is 35.5. The van der Waals surface area contributed by atoms with Gasteiger partial charge >= 0.3 is 0 Å². The van der Waals surface area contributed by atoms with Crippen molar-refractivity contribution in [3.63, 3.8) is 0 Å². The molecule has 2 heterocycles. The molecule has 4 amide bonds. The van der Waals surface area contributed by atoms with Crippen molar-refractivity contribution in [1.82, 2.24) is 9.80 Å². The highest BCUT2D eigenvalue weighted by Crippen LogP contribution is 2.53. The summed E-state index contributed by atoms with van der Waals surface area (Å²) >= 11 is 28.2. The van der Waals surface area contributed by atoms with Gasteiger partial charge in [-0.05, 0) is 63.0 Å². The van der Waals surface area contributed by atoms with E-state index in [1.807, 2.05) is 0 Å². The molecule has 48 heavy (non-hydrogen) atoms. The van der Waals surface area contributed by atoms with Crippen LogP contribution in [0.15, 0.2) is 24.3 Å². The molecular formula is C36H32Cl4N4O4. The first-order chi connectivity index (χ1) is 23.1. The van der Waals surface area contributed by atoms with Gasteiger partial charge < -0.3 is 11.5 Å². The van der Waals surface area contributed by atoms with Crippen molar-refractivity contribution >= 4 is 113 Å². The number of unbranched alkanes of at least 4 members (excludes halogenated alkanes) is 6. The zero-order valence-corrected chi connectivity index (χ0v) is 29.0. The van der Waals surface area contributed by atoms with Gasteiger partial charge in [0.2, 0.25) is 0 Å². The Kier molecular flexibility index (Phi) is 8.94. The van der Waals surface area contributed by atoms with Crippen LogP contribution in [-0.2, 0) is 0 Å². The zero-order chi connectivity index (χ0) is 34.0. The van der Waals surface area contributed by atoms with Crippen LogP contribution in [0.4, 0.5) is 0 Å². The maximum Gasteiger partial charge on any atom is 0.261 e. The molecule has 0 fully saturated rings. The highest BCUT2D eigenvalue weighted by Gasteiger charge is 2.39. The van der Waals surface area contributed by atoms with E-state index in [0.717, 1.165) is 38.5 Å². The van der Waals surface area contributed by atoms with Crippen LogP contribution < -0.4 is 11.5 Å². The molecule has 248 valence electrons. The first-order valence-corrected chi connectivity index (χ1v) is 17.7. The minimum atomic E-state index is -0.444. The summed E-state index contributed by atoms with van der Waals surface area (Å²) in [6.45, 7) is 1.68. The summed E-state index contributed by atoms with van der Waals surface area (Å²) in [5, 5.41) is 4.52. The van der Waals surface area contributed by atoms with Crippen molar-refractivity contribution in [3.05, 3.63) is 66.6 Å². The lowest BCUT2D eigenvalue weighted by atomic mass is 9.82. The first-order valence-electron chi connectivity index (χ1n) is 16.2. The minimum Gasteiger partial charge on any atom is -0.330 e. The fraction of sp³-hybridized carbons (Fsp3) is 0.333. The van der Waals surface area contributed by atoms with Crippen LogP contribution in [0.1, 0.15) is 92.8 Å². The van der Waals surface area contributed by atoms with Crippen molar-refractivity contribution in [1.29, 1.82) is 0 Å². The van der Waals surface area contributed by atoms with E-state index in [1.165, 1.54) is 9.80 Å². The number of hydrogen-bond acceptors (Lipinski definition) is 6. The highest BCUT2D eigenvalue weighted by molar-refractivity contribution is 6.56. The fourth-order valence-electron chi connectivity index (χ4n) is 7.50. The van der Waals surface area contributed by atoms with Gasteiger partial charge in [-0.15, -0.1) is 0 Å². The number of fused-ring (bicyclic) bond motifs is 2. The molecule has 12 heteroatoms. The molecule has 2 aliphatic rings. The summed E-state index contributed by atoms with van der Waals surface area (Å²) in [7, 11) is 0. The van der Waals surface area contributed by atoms with Crippen molar-refractivity contribution < 1.29 is 19.2 Å². The molecule has 5 aromatic rings. The molecule has 4 N–H and O–H groups in total. The Morgan fingerprint density at radius 1 is 0.396 bits per heavy atom. The summed E-state index contributed by atoms with van der Waals surface area (Å²) in [5.41, 5.74) is 12.3. The molecular weight excluding hydrogens is 694 g/mol. The second kappa shape index (κ2) is 12.9. The Hall–Kier alpha value is -3.24. The van der Waals surface area contributed by atoms with Gasteiger partial charge in [0.15, 0.2) is 0 Å². The minimum absolute atomic E-state index is 0.217. The van der Waals surface area contributed by atoms with Crippen molar-refractivity contribution in [2.75, 3.05) is 26.2 Å². The number of hydrogen-bond donors (Lipinski definition) is 2. The van der Waals surface area contributed by atoms with E-state index in [9.17, 15) is 19.2 Å². The zero-order valence-electron chi connectivity index (χ0n) is 26.0. The first kappa shape index (κ1) is 33.3. The van der Waals surface area contributed by atoms with E-state index in [1.54, 1.807) is 24.3 Å². The number of imide groups is 2. The third kappa shape index (κ3) is 4.95. The third-order valence-electron chi connectivity index (χ3n) is 9.69.